The maximum absolute atomic E-state index is 12.5. The van der Waals surface area contributed by atoms with Gasteiger partial charge in [0.15, 0.2) is 12.0 Å². The molecule has 1 rings (SSSR count). The summed E-state index contributed by atoms with van der Waals surface area (Å²) < 4.78 is 42.4. The monoisotopic (exact) mass is 306 g/mol. The van der Waals surface area contributed by atoms with Crippen LogP contribution < -0.4 is 4.89 Å². The smallest absolute Gasteiger partial charge is 0.426 e. The van der Waals surface area contributed by atoms with Crippen LogP contribution in [-0.4, -0.2) is 18.0 Å². The van der Waals surface area contributed by atoms with Gasteiger partial charge >= 0.3 is 12.3 Å². The maximum atomic E-state index is 12.5. The van der Waals surface area contributed by atoms with Crippen molar-refractivity contribution in [2.75, 3.05) is 0 Å². The molecule has 0 radical (unpaired) electrons. The van der Waals surface area contributed by atoms with Gasteiger partial charge in [0.05, 0.1) is 11.1 Å². The summed E-state index contributed by atoms with van der Waals surface area (Å²) in [6.45, 7) is 4.69. The number of hydrogen-bond donors (Lipinski definition) is 0. The number of halogens is 3. The molecule has 0 unspecified atom stereocenters. The van der Waals surface area contributed by atoms with Gasteiger partial charge in [0.1, 0.15) is 5.60 Å². The molecule has 0 aliphatic heterocycles. The van der Waals surface area contributed by atoms with E-state index in [1.807, 2.05) is 0 Å². The van der Waals surface area contributed by atoms with Gasteiger partial charge in [-0.3, -0.25) is 9.68 Å². The van der Waals surface area contributed by atoms with Gasteiger partial charge < -0.3 is 4.74 Å². The Morgan fingerprint density at radius 3 is 2.29 bits per heavy atom. The fraction of sp³-hybridized carbons (Fsp3) is 0.385. The quantitative estimate of drug-likeness (QED) is 0.368. The highest BCUT2D eigenvalue weighted by Crippen LogP contribution is 2.32. The van der Waals surface area contributed by atoms with Gasteiger partial charge in [-0.2, -0.15) is 18.0 Å². The van der Waals surface area contributed by atoms with Crippen LogP contribution >= 0.6 is 0 Å². The largest absolute Gasteiger partial charge is 0.550 e. The van der Waals surface area contributed by atoms with Crippen molar-refractivity contribution in [2.24, 2.45) is 0 Å². The van der Waals surface area contributed by atoms with E-state index < -0.39 is 29.2 Å². The summed E-state index contributed by atoms with van der Waals surface area (Å²) in [7, 11) is 0. The lowest BCUT2D eigenvalue weighted by molar-refractivity contribution is -0.180. The summed E-state index contributed by atoms with van der Waals surface area (Å²) in [6.07, 6.45) is -5.59. The molecule has 21 heavy (non-hydrogen) atoms. The molecule has 0 saturated heterocycles. The van der Waals surface area contributed by atoms with Gasteiger partial charge in [-0.15, -0.1) is 0 Å². The normalized spacial score (nSPS) is 11.7. The third-order valence-electron chi connectivity index (χ3n) is 2.06. The molecule has 0 amide bonds. The lowest BCUT2D eigenvalue weighted by Crippen LogP contribution is -2.25. The number of hydrogen-bond acceptors (Lipinski definition) is 5. The van der Waals surface area contributed by atoms with E-state index in [0.717, 1.165) is 6.07 Å². The fourth-order valence-electron chi connectivity index (χ4n) is 1.23. The van der Waals surface area contributed by atoms with Crippen molar-refractivity contribution >= 4 is 12.4 Å². The molecule has 0 aliphatic carbocycles. The van der Waals surface area contributed by atoms with E-state index in [4.69, 9.17) is 4.74 Å². The number of aldehydes is 1. The Labute approximate surface area is 118 Å². The summed E-state index contributed by atoms with van der Waals surface area (Å²) >= 11 is 0. The van der Waals surface area contributed by atoms with Gasteiger partial charge in [0.2, 0.25) is 0 Å². The summed E-state index contributed by atoms with van der Waals surface area (Å²) in [6, 6.07) is 2.17. The molecule has 8 heteroatoms. The third-order valence-corrected chi connectivity index (χ3v) is 2.06. The number of carbonyl (C=O) groups is 2. The first-order chi connectivity index (χ1) is 9.53. The van der Waals surface area contributed by atoms with Gasteiger partial charge in [-0.1, -0.05) is 0 Å². The predicted molar refractivity (Wildman–Crippen MR) is 64.8 cm³/mol. The average Bonchev–Trinajstić information content (AvgIpc) is 2.32. The van der Waals surface area contributed by atoms with Crippen molar-refractivity contribution in [1.82, 2.24) is 0 Å². The van der Waals surface area contributed by atoms with Crippen LogP contribution in [0.3, 0.4) is 0 Å². The highest BCUT2D eigenvalue weighted by molar-refractivity contribution is 5.79. The first-order valence-electron chi connectivity index (χ1n) is 5.77. The summed E-state index contributed by atoms with van der Waals surface area (Å²) in [4.78, 5) is 30.7. The number of alkyl halides is 3. The van der Waals surface area contributed by atoms with E-state index in [-0.39, 0.29) is 11.8 Å². The molecule has 0 atom stereocenters. The molecule has 0 bridgehead atoms. The first-order valence-corrected chi connectivity index (χ1v) is 5.77. The van der Waals surface area contributed by atoms with E-state index in [1.165, 1.54) is 0 Å². The van der Waals surface area contributed by atoms with Crippen LogP contribution in [-0.2, 0) is 15.8 Å². The summed E-state index contributed by atoms with van der Waals surface area (Å²) in [5.41, 5.74) is -2.11. The highest BCUT2D eigenvalue weighted by Gasteiger charge is 2.31. The second-order valence-corrected chi connectivity index (χ2v) is 5.00. The van der Waals surface area contributed by atoms with Gasteiger partial charge in [-0.05, 0) is 39.0 Å². The Bertz CT molecular complexity index is 532. The molecular weight excluding hydrogens is 293 g/mol. The molecule has 1 aromatic rings. The van der Waals surface area contributed by atoms with Gasteiger partial charge in [0, 0.05) is 0 Å². The Hall–Kier alpha value is -2.25. The lowest BCUT2D eigenvalue weighted by atomic mass is 10.1. The number of benzene rings is 1. The predicted octanol–water partition coefficient (Wildman–Crippen LogP) is 3.76. The maximum Gasteiger partial charge on any atom is 0.550 e. The minimum absolute atomic E-state index is 0.202. The second-order valence-electron chi connectivity index (χ2n) is 5.00. The van der Waals surface area contributed by atoms with E-state index in [1.54, 1.807) is 20.8 Å². The van der Waals surface area contributed by atoms with Crippen molar-refractivity contribution in [2.45, 2.75) is 32.5 Å². The Morgan fingerprint density at radius 2 is 1.81 bits per heavy atom. The number of carbonyl (C=O) groups excluding carboxylic acids is 2. The topological polar surface area (TPSA) is 61.8 Å². The molecule has 0 saturated carbocycles. The number of rotatable bonds is 3. The Balaban J connectivity index is 2.86. The third kappa shape index (κ3) is 5.33. The minimum Gasteiger partial charge on any atom is -0.426 e. The van der Waals surface area contributed by atoms with Gasteiger partial charge in [-0.25, -0.2) is 4.89 Å². The Kier molecular flexibility index (Phi) is 4.82. The molecule has 0 N–H and O–H groups in total. The standard InChI is InChI=1S/C13H13F3O5/c1-12(2,3)19-11(18)21-20-10-6-9(13(14,15)16)5-4-8(10)7-17/h4-7H,1-3H3. The molecule has 0 aromatic heterocycles. The average molecular weight is 306 g/mol. The zero-order chi connectivity index (χ0) is 16.3. The van der Waals surface area contributed by atoms with E-state index in [9.17, 15) is 22.8 Å². The fourth-order valence-corrected chi connectivity index (χ4v) is 1.23. The molecule has 0 heterocycles. The van der Waals surface area contributed by atoms with Crippen molar-refractivity contribution in [3.63, 3.8) is 0 Å². The minimum atomic E-state index is -4.62. The highest BCUT2D eigenvalue weighted by atomic mass is 19.4. The van der Waals surface area contributed by atoms with Crippen molar-refractivity contribution < 1.29 is 37.3 Å². The van der Waals surface area contributed by atoms with Crippen LogP contribution in [0.15, 0.2) is 18.2 Å². The van der Waals surface area contributed by atoms with Crippen LogP contribution in [0, 0.1) is 0 Å². The molecule has 0 aliphatic rings. The zero-order valence-corrected chi connectivity index (χ0v) is 11.5. The molecule has 0 spiro atoms. The Morgan fingerprint density at radius 1 is 1.19 bits per heavy atom. The van der Waals surface area contributed by atoms with Crippen LogP contribution in [0.2, 0.25) is 0 Å². The van der Waals surface area contributed by atoms with Crippen molar-refractivity contribution in [1.29, 1.82) is 0 Å². The van der Waals surface area contributed by atoms with Crippen LogP contribution in [0.1, 0.15) is 36.7 Å². The van der Waals surface area contributed by atoms with Crippen LogP contribution in [0.25, 0.3) is 0 Å². The molecule has 5 nitrogen and oxygen atoms in total. The molecule has 116 valence electrons. The van der Waals surface area contributed by atoms with Crippen molar-refractivity contribution in [3.05, 3.63) is 29.3 Å². The van der Waals surface area contributed by atoms with Crippen molar-refractivity contribution in [3.8, 4) is 5.75 Å². The summed E-state index contributed by atoms with van der Waals surface area (Å²) in [5, 5.41) is 0. The van der Waals surface area contributed by atoms with Crippen LogP contribution in [0.5, 0.6) is 5.75 Å². The molecular formula is C13H13F3O5. The van der Waals surface area contributed by atoms with E-state index in [0.29, 0.717) is 12.1 Å². The SMILES string of the molecule is CC(C)(C)OC(=O)OOc1cc(C(F)(F)F)ccc1C=O. The summed E-state index contributed by atoms with van der Waals surface area (Å²) in [5.74, 6) is -0.536. The van der Waals surface area contributed by atoms with E-state index in [2.05, 4.69) is 9.78 Å². The number of ether oxygens (including phenoxy) is 1. The lowest BCUT2D eigenvalue weighted by Gasteiger charge is -2.18. The molecule has 1 aromatic carbocycles. The molecule has 0 fully saturated rings. The van der Waals surface area contributed by atoms with E-state index >= 15 is 0 Å². The van der Waals surface area contributed by atoms with Crippen LogP contribution in [0.4, 0.5) is 18.0 Å². The first kappa shape index (κ1) is 16.8. The second kappa shape index (κ2) is 6.02. The zero-order valence-electron chi connectivity index (χ0n) is 11.5. The van der Waals surface area contributed by atoms with Gasteiger partial charge in [0.25, 0.3) is 0 Å².